The molecule has 0 aliphatic heterocycles. The summed E-state index contributed by atoms with van der Waals surface area (Å²) in [6, 6.07) is 7.69. The van der Waals surface area contributed by atoms with Gasteiger partial charge >= 0.3 is 0 Å². The van der Waals surface area contributed by atoms with Gasteiger partial charge in [0.05, 0.1) is 0 Å². The first kappa shape index (κ1) is 11.3. The van der Waals surface area contributed by atoms with Crippen LogP contribution >= 0.6 is 11.6 Å². The average molecular weight is 213 g/mol. The van der Waals surface area contributed by atoms with Gasteiger partial charge in [0.25, 0.3) is 0 Å². The van der Waals surface area contributed by atoms with E-state index in [-0.39, 0.29) is 5.54 Å². The highest BCUT2D eigenvalue weighted by atomic mass is 35.5. The Morgan fingerprint density at radius 3 is 2.71 bits per heavy atom. The van der Waals surface area contributed by atoms with Gasteiger partial charge in [0.2, 0.25) is 0 Å². The smallest absolute Gasteiger partial charge is 0.0465 e. The van der Waals surface area contributed by atoms with Gasteiger partial charge in [-0.05, 0) is 31.5 Å². The van der Waals surface area contributed by atoms with Crippen molar-refractivity contribution >= 4 is 17.3 Å². The summed E-state index contributed by atoms with van der Waals surface area (Å²) in [6.07, 6.45) is 0.982. The van der Waals surface area contributed by atoms with Crippen molar-refractivity contribution in [3.05, 3.63) is 29.3 Å². The minimum Gasteiger partial charge on any atom is -0.379 e. The standard InChI is InChI=1S/C11H17ClN2/c1-3-11(2,8-13)14-10-6-4-5-9(12)7-10/h4-7,14H,3,8,13H2,1-2H3. The topological polar surface area (TPSA) is 38.0 Å². The molecule has 0 fully saturated rings. The third-order valence-corrected chi connectivity index (χ3v) is 2.74. The molecule has 3 heteroatoms. The zero-order valence-electron chi connectivity index (χ0n) is 8.68. The van der Waals surface area contributed by atoms with Crippen LogP contribution in [0.3, 0.4) is 0 Å². The first-order valence-electron chi connectivity index (χ1n) is 4.83. The zero-order valence-corrected chi connectivity index (χ0v) is 9.43. The minimum absolute atomic E-state index is 0.0509. The molecule has 0 heterocycles. The highest BCUT2D eigenvalue weighted by Crippen LogP contribution is 2.20. The average Bonchev–Trinajstić information content (AvgIpc) is 2.18. The van der Waals surface area contributed by atoms with Gasteiger partial charge < -0.3 is 11.1 Å². The molecule has 0 aliphatic carbocycles. The summed E-state index contributed by atoms with van der Waals surface area (Å²) in [6.45, 7) is 4.83. The minimum atomic E-state index is -0.0509. The molecule has 0 aliphatic rings. The van der Waals surface area contributed by atoms with Crippen molar-refractivity contribution in [2.75, 3.05) is 11.9 Å². The van der Waals surface area contributed by atoms with Gasteiger partial charge in [-0.3, -0.25) is 0 Å². The third kappa shape index (κ3) is 2.89. The fraction of sp³-hybridized carbons (Fsp3) is 0.455. The van der Waals surface area contributed by atoms with Gasteiger partial charge in [0.1, 0.15) is 0 Å². The van der Waals surface area contributed by atoms with Gasteiger partial charge in [0.15, 0.2) is 0 Å². The quantitative estimate of drug-likeness (QED) is 0.806. The van der Waals surface area contributed by atoms with Crippen molar-refractivity contribution < 1.29 is 0 Å². The largest absolute Gasteiger partial charge is 0.379 e. The second kappa shape index (κ2) is 4.67. The molecule has 0 saturated heterocycles. The molecule has 0 spiro atoms. The lowest BCUT2D eigenvalue weighted by Crippen LogP contribution is -2.41. The maximum atomic E-state index is 5.89. The molecule has 1 aromatic rings. The van der Waals surface area contributed by atoms with Crippen LogP contribution in [-0.4, -0.2) is 12.1 Å². The molecular formula is C11H17ClN2. The van der Waals surface area contributed by atoms with E-state index in [4.69, 9.17) is 17.3 Å². The number of halogens is 1. The molecule has 0 radical (unpaired) electrons. The lowest BCUT2D eigenvalue weighted by atomic mass is 9.99. The molecule has 3 N–H and O–H groups in total. The van der Waals surface area contributed by atoms with Gasteiger partial charge in [-0.15, -0.1) is 0 Å². The first-order valence-corrected chi connectivity index (χ1v) is 5.21. The van der Waals surface area contributed by atoms with Crippen LogP contribution in [-0.2, 0) is 0 Å². The first-order chi connectivity index (χ1) is 6.59. The number of benzene rings is 1. The molecule has 1 unspecified atom stereocenters. The summed E-state index contributed by atoms with van der Waals surface area (Å²) in [5, 5.41) is 4.13. The van der Waals surface area contributed by atoms with Crippen molar-refractivity contribution in [2.24, 2.45) is 5.73 Å². The van der Waals surface area contributed by atoms with Crippen LogP contribution < -0.4 is 11.1 Å². The Labute approximate surface area is 90.4 Å². The van der Waals surface area contributed by atoms with E-state index in [1.807, 2.05) is 24.3 Å². The summed E-state index contributed by atoms with van der Waals surface area (Å²) in [4.78, 5) is 0. The van der Waals surface area contributed by atoms with Gasteiger partial charge in [-0.25, -0.2) is 0 Å². The van der Waals surface area contributed by atoms with Crippen molar-refractivity contribution in [3.63, 3.8) is 0 Å². The Morgan fingerprint density at radius 2 is 2.21 bits per heavy atom. The molecule has 78 valence electrons. The summed E-state index contributed by atoms with van der Waals surface area (Å²) in [7, 11) is 0. The van der Waals surface area contributed by atoms with E-state index in [1.54, 1.807) is 0 Å². The van der Waals surface area contributed by atoms with Gasteiger partial charge in [-0.1, -0.05) is 24.6 Å². The highest BCUT2D eigenvalue weighted by Gasteiger charge is 2.18. The highest BCUT2D eigenvalue weighted by molar-refractivity contribution is 6.30. The fourth-order valence-electron chi connectivity index (χ4n) is 1.20. The molecule has 0 bridgehead atoms. The number of nitrogens with two attached hydrogens (primary N) is 1. The summed E-state index contributed by atoms with van der Waals surface area (Å²) in [5.74, 6) is 0. The van der Waals surface area contributed by atoms with E-state index in [9.17, 15) is 0 Å². The Kier molecular flexibility index (Phi) is 3.78. The monoisotopic (exact) mass is 212 g/mol. The maximum absolute atomic E-state index is 5.89. The Bertz CT molecular complexity index is 295. The van der Waals surface area contributed by atoms with Crippen molar-refractivity contribution in [3.8, 4) is 0 Å². The molecule has 2 nitrogen and oxygen atoms in total. The molecule has 1 rings (SSSR count). The Morgan fingerprint density at radius 1 is 1.50 bits per heavy atom. The van der Waals surface area contributed by atoms with Gasteiger partial charge in [-0.2, -0.15) is 0 Å². The van der Waals surface area contributed by atoms with Crippen LogP contribution in [0.5, 0.6) is 0 Å². The lowest BCUT2D eigenvalue weighted by molar-refractivity contribution is 0.506. The van der Waals surface area contributed by atoms with Crippen LogP contribution in [0.15, 0.2) is 24.3 Å². The Balaban J connectivity index is 2.77. The zero-order chi connectivity index (χ0) is 10.6. The van der Waals surface area contributed by atoms with Crippen LogP contribution in [0.4, 0.5) is 5.69 Å². The lowest BCUT2D eigenvalue weighted by Gasteiger charge is -2.29. The van der Waals surface area contributed by atoms with E-state index < -0.39 is 0 Å². The van der Waals surface area contributed by atoms with Crippen LogP contribution in [0.1, 0.15) is 20.3 Å². The second-order valence-corrected chi connectivity index (χ2v) is 4.19. The second-order valence-electron chi connectivity index (χ2n) is 3.75. The molecular weight excluding hydrogens is 196 g/mol. The van der Waals surface area contributed by atoms with Crippen LogP contribution in [0.2, 0.25) is 5.02 Å². The van der Waals surface area contributed by atoms with E-state index in [1.165, 1.54) is 0 Å². The normalized spacial score (nSPS) is 14.9. The molecule has 0 amide bonds. The van der Waals surface area contributed by atoms with E-state index in [2.05, 4.69) is 19.2 Å². The van der Waals surface area contributed by atoms with Crippen LogP contribution in [0, 0.1) is 0 Å². The predicted molar refractivity (Wildman–Crippen MR) is 62.8 cm³/mol. The third-order valence-electron chi connectivity index (χ3n) is 2.50. The number of rotatable bonds is 4. The molecule has 1 aromatic carbocycles. The summed E-state index contributed by atoms with van der Waals surface area (Å²) in [5.41, 5.74) is 6.68. The molecule has 0 saturated carbocycles. The summed E-state index contributed by atoms with van der Waals surface area (Å²) >= 11 is 5.89. The summed E-state index contributed by atoms with van der Waals surface area (Å²) < 4.78 is 0. The maximum Gasteiger partial charge on any atom is 0.0465 e. The molecule has 14 heavy (non-hydrogen) atoms. The Hall–Kier alpha value is -0.730. The number of hydrogen-bond acceptors (Lipinski definition) is 2. The SMILES string of the molecule is CCC(C)(CN)Nc1cccc(Cl)c1. The van der Waals surface area contributed by atoms with Crippen molar-refractivity contribution in [2.45, 2.75) is 25.8 Å². The van der Waals surface area contributed by atoms with Crippen molar-refractivity contribution in [1.82, 2.24) is 0 Å². The van der Waals surface area contributed by atoms with E-state index in [0.29, 0.717) is 6.54 Å². The molecule has 1 atom stereocenters. The van der Waals surface area contributed by atoms with E-state index in [0.717, 1.165) is 17.1 Å². The predicted octanol–water partition coefficient (Wildman–Crippen LogP) is 2.88. The van der Waals surface area contributed by atoms with E-state index >= 15 is 0 Å². The number of nitrogens with one attached hydrogen (secondary N) is 1. The van der Waals surface area contributed by atoms with Crippen LogP contribution in [0.25, 0.3) is 0 Å². The number of anilines is 1. The van der Waals surface area contributed by atoms with Gasteiger partial charge in [0, 0.05) is 22.8 Å². The van der Waals surface area contributed by atoms with Crippen molar-refractivity contribution in [1.29, 1.82) is 0 Å². The fourth-order valence-corrected chi connectivity index (χ4v) is 1.39. The molecule has 0 aromatic heterocycles. The number of hydrogen-bond donors (Lipinski definition) is 2.